The van der Waals surface area contributed by atoms with Crippen molar-refractivity contribution in [3.63, 3.8) is 0 Å². The maximum Gasteiger partial charge on any atom is 0.261 e. The van der Waals surface area contributed by atoms with Gasteiger partial charge in [0.2, 0.25) is 0 Å². The number of nitrogens with zero attached hydrogens (tertiary/aromatic N) is 1. The van der Waals surface area contributed by atoms with Crippen LogP contribution in [0.1, 0.15) is 11.1 Å². The standard InChI is InChI=1S/C7H7NO2/c1-5-2-6-4-9-10-7(6)8-3-5/h2-3H,4H2,1H3. The predicted octanol–water partition coefficient (Wildman–Crippen LogP) is 1.21. The molecule has 52 valence electrons. The highest BCUT2D eigenvalue weighted by Gasteiger charge is 2.13. The molecule has 10 heavy (non-hydrogen) atoms. The molecule has 0 spiro atoms. The van der Waals surface area contributed by atoms with E-state index in [0.717, 1.165) is 11.1 Å². The fourth-order valence-electron chi connectivity index (χ4n) is 0.944. The molecule has 1 aromatic heterocycles. The normalized spacial score (nSPS) is 14.5. The molecule has 0 bridgehead atoms. The van der Waals surface area contributed by atoms with E-state index in [4.69, 9.17) is 9.78 Å². The summed E-state index contributed by atoms with van der Waals surface area (Å²) in [4.78, 5) is 13.5. The van der Waals surface area contributed by atoms with E-state index in [0.29, 0.717) is 12.5 Å². The van der Waals surface area contributed by atoms with Crippen molar-refractivity contribution in [3.8, 4) is 5.88 Å². The molecule has 0 aromatic carbocycles. The average molecular weight is 137 g/mol. The Kier molecular flexibility index (Phi) is 1.11. The first kappa shape index (κ1) is 5.68. The topological polar surface area (TPSA) is 31.4 Å². The van der Waals surface area contributed by atoms with E-state index in [1.165, 1.54) is 0 Å². The van der Waals surface area contributed by atoms with Gasteiger partial charge < -0.3 is 4.89 Å². The Bertz CT molecular complexity index is 260. The van der Waals surface area contributed by atoms with Crippen LogP contribution in [0.4, 0.5) is 0 Å². The second kappa shape index (κ2) is 1.95. The van der Waals surface area contributed by atoms with Crippen molar-refractivity contribution in [1.29, 1.82) is 0 Å². The van der Waals surface area contributed by atoms with E-state index in [1.807, 2.05) is 13.0 Å². The predicted molar refractivity (Wildman–Crippen MR) is 34.4 cm³/mol. The first-order chi connectivity index (χ1) is 4.86. The van der Waals surface area contributed by atoms with Crippen LogP contribution in [0, 0.1) is 6.92 Å². The van der Waals surface area contributed by atoms with E-state index in [1.54, 1.807) is 6.20 Å². The van der Waals surface area contributed by atoms with E-state index < -0.39 is 0 Å². The molecule has 0 aliphatic carbocycles. The minimum Gasteiger partial charge on any atom is -0.316 e. The van der Waals surface area contributed by atoms with Gasteiger partial charge in [0.05, 0.1) is 0 Å². The summed E-state index contributed by atoms with van der Waals surface area (Å²) in [7, 11) is 0. The van der Waals surface area contributed by atoms with Gasteiger partial charge in [0.15, 0.2) is 0 Å². The Morgan fingerprint density at radius 1 is 1.60 bits per heavy atom. The van der Waals surface area contributed by atoms with Crippen molar-refractivity contribution < 1.29 is 9.78 Å². The summed E-state index contributed by atoms with van der Waals surface area (Å²) >= 11 is 0. The molecule has 1 aliphatic rings. The Hall–Kier alpha value is -1.09. The van der Waals surface area contributed by atoms with E-state index in [-0.39, 0.29) is 0 Å². The number of aromatic nitrogens is 1. The van der Waals surface area contributed by atoms with Crippen molar-refractivity contribution in [2.75, 3.05) is 0 Å². The van der Waals surface area contributed by atoms with Crippen LogP contribution < -0.4 is 4.89 Å². The van der Waals surface area contributed by atoms with Gasteiger partial charge in [0.1, 0.15) is 6.61 Å². The van der Waals surface area contributed by atoms with Gasteiger partial charge in [-0.25, -0.2) is 4.98 Å². The van der Waals surface area contributed by atoms with E-state index in [9.17, 15) is 0 Å². The number of hydrogen-bond acceptors (Lipinski definition) is 3. The Morgan fingerprint density at radius 2 is 2.50 bits per heavy atom. The average Bonchev–Trinajstić information content (AvgIpc) is 2.33. The summed E-state index contributed by atoms with van der Waals surface area (Å²) in [6.07, 6.45) is 1.76. The van der Waals surface area contributed by atoms with Gasteiger partial charge >= 0.3 is 0 Å². The molecule has 0 saturated heterocycles. The number of aryl methyl sites for hydroxylation is 1. The molecule has 1 aromatic rings. The summed E-state index contributed by atoms with van der Waals surface area (Å²) < 4.78 is 0. The molecular weight excluding hydrogens is 130 g/mol. The maximum atomic E-state index is 4.74. The van der Waals surface area contributed by atoms with E-state index in [2.05, 4.69) is 4.98 Å². The molecule has 1 aliphatic heterocycles. The zero-order chi connectivity index (χ0) is 6.97. The third-order valence-corrected chi connectivity index (χ3v) is 1.41. The lowest BCUT2D eigenvalue weighted by Crippen LogP contribution is -1.84. The van der Waals surface area contributed by atoms with Gasteiger partial charge in [-0.15, -0.1) is 0 Å². The quantitative estimate of drug-likeness (QED) is 0.504. The second-order valence-corrected chi connectivity index (χ2v) is 2.32. The SMILES string of the molecule is Cc1cnc2c(c1)COO2. The molecule has 0 fully saturated rings. The van der Waals surface area contributed by atoms with Crippen molar-refractivity contribution in [3.05, 3.63) is 23.4 Å². The number of hydrogen-bond donors (Lipinski definition) is 0. The molecule has 0 saturated carbocycles. The highest BCUT2D eigenvalue weighted by molar-refractivity contribution is 5.29. The summed E-state index contributed by atoms with van der Waals surface area (Å²) in [5.41, 5.74) is 2.16. The number of rotatable bonds is 0. The largest absolute Gasteiger partial charge is 0.316 e. The first-order valence-corrected chi connectivity index (χ1v) is 3.11. The van der Waals surface area contributed by atoms with Gasteiger partial charge in [-0.2, -0.15) is 4.89 Å². The van der Waals surface area contributed by atoms with Crippen LogP contribution in [-0.2, 0) is 11.5 Å². The van der Waals surface area contributed by atoms with Gasteiger partial charge in [-0.3, -0.25) is 0 Å². The molecule has 0 radical (unpaired) electrons. The molecule has 0 N–H and O–H groups in total. The molecular formula is C7H7NO2. The Labute approximate surface area is 58.5 Å². The summed E-state index contributed by atoms with van der Waals surface area (Å²) in [5.74, 6) is 0.602. The number of pyridine rings is 1. The maximum absolute atomic E-state index is 4.74. The van der Waals surface area contributed by atoms with Crippen LogP contribution in [0.25, 0.3) is 0 Å². The summed E-state index contributed by atoms with van der Waals surface area (Å²) in [6.45, 7) is 2.51. The zero-order valence-electron chi connectivity index (χ0n) is 5.63. The van der Waals surface area contributed by atoms with Crippen molar-refractivity contribution in [2.24, 2.45) is 0 Å². The fraction of sp³-hybridized carbons (Fsp3) is 0.286. The zero-order valence-corrected chi connectivity index (χ0v) is 5.63. The second-order valence-electron chi connectivity index (χ2n) is 2.32. The molecule has 0 atom stereocenters. The van der Waals surface area contributed by atoms with Gasteiger partial charge in [0, 0.05) is 11.8 Å². The van der Waals surface area contributed by atoms with Crippen LogP contribution in [0.2, 0.25) is 0 Å². The Morgan fingerprint density at radius 3 is 3.40 bits per heavy atom. The minimum absolute atomic E-state index is 0.518. The van der Waals surface area contributed by atoms with Crippen LogP contribution in [0.15, 0.2) is 12.3 Å². The highest BCUT2D eigenvalue weighted by atomic mass is 17.2. The smallest absolute Gasteiger partial charge is 0.261 e. The third-order valence-electron chi connectivity index (χ3n) is 1.41. The van der Waals surface area contributed by atoms with Gasteiger partial charge in [0.25, 0.3) is 5.88 Å². The minimum atomic E-state index is 0.518. The fourth-order valence-corrected chi connectivity index (χ4v) is 0.944. The molecule has 3 nitrogen and oxygen atoms in total. The molecule has 3 heteroatoms. The first-order valence-electron chi connectivity index (χ1n) is 3.11. The molecule has 2 heterocycles. The van der Waals surface area contributed by atoms with Crippen LogP contribution in [0.5, 0.6) is 5.88 Å². The molecule has 0 amide bonds. The van der Waals surface area contributed by atoms with Crippen LogP contribution in [0.3, 0.4) is 0 Å². The van der Waals surface area contributed by atoms with Crippen LogP contribution >= 0.6 is 0 Å². The van der Waals surface area contributed by atoms with Crippen molar-refractivity contribution in [2.45, 2.75) is 13.5 Å². The lowest BCUT2D eigenvalue weighted by atomic mass is 10.2. The van der Waals surface area contributed by atoms with Crippen molar-refractivity contribution in [1.82, 2.24) is 4.98 Å². The third kappa shape index (κ3) is 0.752. The van der Waals surface area contributed by atoms with Gasteiger partial charge in [-0.05, 0) is 18.6 Å². The van der Waals surface area contributed by atoms with Gasteiger partial charge in [-0.1, -0.05) is 0 Å². The molecule has 0 unspecified atom stereocenters. The lowest BCUT2D eigenvalue weighted by Gasteiger charge is -1.92. The lowest BCUT2D eigenvalue weighted by molar-refractivity contribution is -0.197. The number of fused-ring (bicyclic) bond motifs is 1. The highest BCUT2D eigenvalue weighted by Crippen LogP contribution is 2.22. The molecule has 2 rings (SSSR count). The summed E-state index contributed by atoms with van der Waals surface area (Å²) in [5, 5.41) is 0. The van der Waals surface area contributed by atoms with E-state index >= 15 is 0 Å². The van der Waals surface area contributed by atoms with Crippen LogP contribution in [-0.4, -0.2) is 4.98 Å². The monoisotopic (exact) mass is 137 g/mol. The van der Waals surface area contributed by atoms with Crippen molar-refractivity contribution >= 4 is 0 Å². The summed E-state index contributed by atoms with van der Waals surface area (Å²) in [6, 6.07) is 2.01. The Balaban J connectivity index is 2.52.